The van der Waals surface area contributed by atoms with Crippen molar-refractivity contribution in [3.05, 3.63) is 101 Å². The molecule has 1 saturated heterocycles. The fraction of sp³-hybridized carbons (Fsp3) is 0.457. The number of hydrogen-bond donors (Lipinski definition) is 0. The Morgan fingerprint density at radius 2 is 1.49 bits per heavy atom. The second kappa shape index (κ2) is 12.9. The van der Waals surface area contributed by atoms with Gasteiger partial charge in [0.15, 0.2) is 8.32 Å². The van der Waals surface area contributed by atoms with Crippen molar-refractivity contribution >= 4 is 14.3 Å². The first-order valence-corrected chi connectivity index (χ1v) is 18.0. The van der Waals surface area contributed by atoms with E-state index in [1.54, 1.807) is 13.2 Å². The van der Waals surface area contributed by atoms with Gasteiger partial charge >= 0.3 is 5.97 Å². The number of carbonyl (C=O) groups excluding carboxylic acids is 1. The molecule has 2 aliphatic rings. The van der Waals surface area contributed by atoms with Gasteiger partial charge in [-0.1, -0.05) is 87.5 Å². The Morgan fingerprint density at radius 3 is 2.07 bits per heavy atom. The lowest BCUT2D eigenvalue weighted by atomic mass is 9.91. The molecule has 5 rings (SSSR count). The number of esters is 1. The normalized spacial score (nSPS) is 24.0. The highest BCUT2D eigenvalue weighted by molar-refractivity contribution is 6.74. The fourth-order valence-corrected chi connectivity index (χ4v) is 6.50. The van der Waals surface area contributed by atoms with E-state index in [4.69, 9.17) is 28.1 Å². The zero-order valence-corrected chi connectivity index (χ0v) is 27.3. The quantitative estimate of drug-likeness (QED) is 0.172. The summed E-state index contributed by atoms with van der Waals surface area (Å²) in [4.78, 5) is 12.9. The molecule has 1 fully saturated rings. The lowest BCUT2D eigenvalue weighted by molar-refractivity contribution is -0.204. The van der Waals surface area contributed by atoms with Gasteiger partial charge in [0.05, 0.1) is 49.8 Å². The summed E-state index contributed by atoms with van der Waals surface area (Å²) in [5, 5.41) is -0.0625. The monoisotopic (exact) mass is 604 g/mol. The van der Waals surface area contributed by atoms with Crippen LogP contribution in [0.1, 0.15) is 79.1 Å². The Kier molecular flexibility index (Phi) is 9.44. The molecule has 7 nitrogen and oxygen atoms in total. The Hall–Kier alpha value is -3.01. The van der Waals surface area contributed by atoms with Crippen LogP contribution in [-0.4, -0.2) is 39.7 Å². The number of carbonyl (C=O) groups is 1. The topological polar surface area (TPSA) is 72.5 Å². The lowest BCUT2D eigenvalue weighted by Crippen LogP contribution is -2.47. The summed E-state index contributed by atoms with van der Waals surface area (Å²) >= 11 is 0. The molecule has 0 radical (unpaired) electrons. The molecule has 5 atom stereocenters. The van der Waals surface area contributed by atoms with Crippen LogP contribution >= 0.6 is 0 Å². The van der Waals surface area contributed by atoms with Crippen LogP contribution in [0.5, 0.6) is 5.75 Å². The van der Waals surface area contributed by atoms with Crippen LogP contribution in [-0.2, 0) is 36.6 Å². The third kappa shape index (κ3) is 6.89. The van der Waals surface area contributed by atoms with Crippen molar-refractivity contribution in [3.63, 3.8) is 0 Å². The zero-order chi connectivity index (χ0) is 30.8. The Labute approximate surface area is 256 Å². The van der Waals surface area contributed by atoms with E-state index in [-0.39, 0.29) is 29.5 Å². The minimum absolute atomic E-state index is 0.0625. The minimum atomic E-state index is -2.27. The average Bonchev–Trinajstić information content (AvgIpc) is 3.29. The van der Waals surface area contributed by atoms with Crippen LogP contribution in [0.25, 0.3) is 0 Å². The van der Waals surface area contributed by atoms with Gasteiger partial charge in [0.2, 0.25) is 6.29 Å². The molecule has 230 valence electrons. The molecule has 0 bridgehead atoms. The van der Waals surface area contributed by atoms with Crippen molar-refractivity contribution in [3.8, 4) is 5.75 Å². The summed E-state index contributed by atoms with van der Waals surface area (Å²) in [7, 11) is -0.655. The molecule has 0 saturated carbocycles. The summed E-state index contributed by atoms with van der Waals surface area (Å²) in [6, 6.07) is 24.0. The molecular weight excluding hydrogens is 560 g/mol. The standard InChI is InChI=1S/C35H44O7Si/c1-23-31(39-22-25-16-12-9-13-17-25)29(38-21-24-14-10-8-11-15-24)20-28(40-23)26-18-19-27-30(32(26)37-5)34(41-33(27)36)42-43(6,7)35(2,3)4/h8-19,23,28-29,31,34H,20-22H2,1-7H3/t23-,28-,29-,31-,34?/m1/s1. The number of methoxy groups -OCH3 is 1. The lowest BCUT2D eigenvalue weighted by Gasteiger charge is -2.41. The number of benzene rings is 3. The number of hydrogen-bond acceptors (Lipinski definition) is 7. The van der Waals surface area contributed by atoms with Gasteiger partial charge in [-0.25, -0.2) is 4.79 Å². The number of fused-ring (bicyclic) bond motifs is 1. The van der Waals surface area contributed by atoms with E-state index in [1.807, 2.05) is 49.4 Å². The summed E-state index contributed by atoms with van der Waals surface area (Å²) in [5.41, 5.74) is 4.13. The third-order valence-electron chi connectivity index (χ3n) is 8.90. The molecule has 8 heteroatoms. The zero-order valence-electron chi connectivity index (χ0n) is 26.3. The summed E-state index contributed by atoms with van der Waals surface area (Å²) in [6.45, 7) is 13.7. The molecule has 1 unspecified atom stereocenters. The summed E-state index contributed by atoms with van der Waals surface area (Å²) in [6.07, 6.45) is -1.41. The first-order valence-electron chi connectivity index (χ1n) is 15.0. The van der Waals surface area contributed by atoms with E-state index in [1.165, 1.54) is 0 Å². The second-order valence-electron chi connectivity index (χ2n) is 12.9. The minimum Gasteiger partial charge on any atom is -0.496 e. The van der Waals surface area contributed by atoms with Crippen molar-refractivity contribution in [1.82, 2.24) is 0 Å². The maximum atomic E-state index is 12.9. The number of rotatable bonds is 10. The Balaban J connectivity index is 1.43. The summed E-state index contributed by atoms with van der Waals surface area (Å²) in [5.74, 6) is 0.162. The van der Waals surface area contributed by atoms with Gasteiger partial charge in [-0.15, -0.1) is 0 Å². The van der Waals surface area contributed by atoms with Crippen molar-refractivity contribution in [2.45, 2.75) is 96.2 Å². The molecular formula is C35H44O7Si. The van der Waals surface area contributed by atoms with Crippen LogP contribution in [0.4, 0.5) is 0 Å². The number of cyclic esters (lactones) is 1. The van der Waals surface area contributed by atoms with Crippen LogP contribution < -0.4 is 4.74 Å². The molecule has 0 N–H and O–H groups in total. The van der Waals surface area contributed by atoms with Crippen LogP contribution in [0, 0.1) is 0 Å². The molecule has 3 aromatic rings. The molecule has 2 heterocycles. The Morgan fingerprint density at radius 1 is 0.884 bits per heavy atom. The highest BCUT2D eigenvalue weighted by Crippen LogP contribution is 2.48. The van der Waals surface area contributed by atoms with Gasteiger partial charge in [0, 0.05) is 12.0 Å². The van der Waals surface area contributed by atoms with Gasteiger partial charge in [-0.2, -0.15) is 0 Å². The van der Waals surface area contributed by atoms with Crippen LogP contribution in [0.15, 0.2) is 72.8 Å². The highest BCUT2D eigenvalue weighted by atomic mass is 28.4. The smallest absolute Gasteiger partial charge is 0.341 e. The molecule has 0 spiro atoms. The van der Waals surface area contributed by atoms with Crippen molar-refractivity contribution < 1.29 is 32.9 Å². The van der Waals surface area contributed by atoms with E-state index in [2.05, 4.69) is 58.1 Å². The molecule has 0 aromatic heterocycles. The van der Waals surface area contributed by atoms with E-state index in [0.29, 0.717) is 36.5 Å². The van der Waals surface area contributed by atoms with Gasteiger partial charge in [-0.05, 0) is 42.2 Å². The van der Waals surface area contributed by atoms with Crippen LogP contribution in [0.3, 0.4) is 0 Å². The maximum Gasteiger partial charge on any atom is 0.341 e. The molecule has 0 amide bonds. The van der Waals surface area contributed by atoms with Crippen molar-refractivity contribution in [1.29, 1.82) is 0 Å². The molecule has 43 heavy (non-hydrogen) atoms. The predicted octanol–water partition coefficient (Wildman–Crippen LogP) is 7.91. The maximum absolute atomic E-state index is 12.9. The van der Waals surface area contributed by atoms with Gasteiger partial charge < -0.3 is 28.1 Å². The van der Waals surface area contributed by atoms with Crippen molar-refractivity contribution in [2.24, 2.45) is 0 Å². The van der Waals surface area contributed by atoms with E-state index in [9.17, 15) is 4.79 Å². The Bertz CT molecular complexity index is 1390. The molecule has 0 aliphatic carbocycles. The second-order valence-corrected chi connectivity index (χ2v) is 17.7. The molecule has 3 aromatic carbocycles. The first kappa shape index (κ1) is 31.4. The largest absolute Gasteiger partial charge is 0.496 e. The van der Waals surface area contributed by atoms with Crippen molar-refractivity contribution in [2.75, 3.05) is 7.11 Å². The van der Waals surface area contributed by atoms with Crippen LogP contribution in [0.2, 0.25) is 18.1 Å². The average molecular weight is 605 g/mol. The fourth-order valence-electron chi connectivity index (χ4n) is 5.45. The molecule has 2 aliphatic heterocycles. The van der Waals surface area contributed by atoms with Gasteiger partial charge in [-0.3, -0.25) is 0 Å². The first-order chi connectivity index (χ1) is 20.5. The highest BCUT2D eigenvalue weighted by Gasteiger charge is 2.46. The van der Waals surface area contributed by atoms with E-state index >= 15 is 0 Å². The summed E-state index contributed by atoms with van der Waals surface area (Å²) < 4.78 is 38.0. The van der Waals surface area contributed by atoms with Gasteiger partial charge in [0.25, 0.3) is 0 Å². The third-order valence-corrected chi connectivity index (χ3v) is 13.3. The SMILES string of the molecule is COc1c([C@H]2C[C@@H](OCc3ccccc3)[C@H](OCc3ccccc3)[C@@H](C)O2)ccc2c1C(O[Si](C)(C)C(C)(C)C)OC2=O. The number of ether oxygens (including phenoxy) is 5. The predicted molar refractivity (Wildman–Crippen MR) is 167 cm³/mol. The van der Waals surface area contributed by atoms with Gasteiger partial charge in [0.1, 0.15) is 11.9 Å². The van der Waals surface area contributed by atoms with E-state index < -0.39 is 20.6 Å². The van der Waals surface area contributed by atoms with E-state index in [0.717, 1.165) is 16.7 Å².